The molecule has 1 aliphatic heterocycles. The first-order valence-corrected chi connectivity index (χ1v) is 5.69. The molecule has 0 aromatic carbocycles. The maximum Gasteiger partial charge on any atom is 0.0141 e. The zero-order valence-electron chi connectivity index (χ0n) is 6.60. The van der Waals surface area contributed by atoms with Crippen LogP contribution in [0.5, 0.6) is 0 Å². The second kappa shape index (κ2) is 2.08. The van der Waals surface area contributed by atoms with E-state index in [1.165, 1.54) is 32.4 Å². The van der Waals surface area contributed by atoms with Crippen LogP contribution in [0.4, 0.5) is 0 Å². The van der Waals surface area contributed by atoms with Crippen molar-refractivity contribution in [2.45, 2.75) is 19.3 Å². The van der Waals surface area contributed by atoms with Gasteiger partial charge in [0.05, 0.1) is 0 Å². The lowest BCUT2D eigenvalue weighted by Gasteiger charge is -2.15. The molecular weight excluding hydrogens is 142 g/mol. The summed E-state index contributed by atoms with van der Waals surface area (Å²) in [7, 11) is 0.286. The van der Waals surface area contributed by atoms with Crippen molar-refractivity contribution < 1.29 is 0 Å². The highest BCUT2D eigenvalue weighted by molar-refractivity contribution is 8.11. The molecular formula is C8H15NS. The number of hydrogen-bond donors (Lipinski definition) is 0. The number of rotatable bonds is 1. The Balaban J connectivity index is 1.99. The second-order valence-electron chi connectivity index (χ2n) is 3.71. The highest BCUT2D eigenvalue weighted by Crippen LogP contribution is 2.54. The summed E-state index contributed by atoms with van der Waals surface area (Å²) >= 11 is 0. The van der Waals surface area contributed by atoms with E-state index in [1.54, 1.807) is 0 Å². The SMILES string of the molecule is C=S(C)N1CCC2(CC2)C1. The fourth-order valence-electron chi connectivity index (χ4n) is 1.75. The monoisotopic (exact) mass is 157 g/mol. The Labute approximate surface area is 65.5 Å². The molecule has 0 N–H and O–H groups in total. The van der Waals surface area contributed by atoms with Crippen molar-refractivity contribution in [2.75, 3.05) is 19.3 Å². The lowest BCUT2D eigenvalue weighted by atomic mass is 10.1. The van der Waals surface area contributed by atoms with Crippen LogP contribution in [0.1, 0.15) is 19.3 Å². The van der Waals surface area contributed by atoms with Crippen LogP contribution in [-0.4, -0.2) is 29.5 Å². The van der Waals surface area contributed by atoms with Crippen LogP contribution >= 0.6 is 10.7 Å². The Hall–Kier alpha value is 0.180. The minimum absolute atomic E-state index is 0.286. The summed E-state index contributed by atoms with van der Waals surface area (Å²) in [6, 6.07) is 0. The Kier molecular flexibility index (Phi) is 1.43. The average molecular weight is 157 g/mol. The summed E-state index contributed by atoms with van der Waals surface area (Å²) in [6.45, 7) is 2.65. The summed E-state index contributed by atoms with van der Waals surface area (Å²) < 4.78 is 2.53. The molecule has 0 aromatic heterocycles. The van der Waals surface area contributed by atoms with Gasteiger partial charge in [0.2, 0.25) is 0 Å². The van der Waals surface area contributed by atoms with E-state index in [1.807, 2.05) is 0 Å². The van der Waals surface area contributed by atoms with Gasteiger partial charge in [0, 0.05) is 13.1 Å². The molecule has 0 amide bonds. The standard InChI is InChI=1S/C8H15NS/c1-10(2)9-6-5-8(7-9)3-4-8/h1,3-7H2,2H3. The van der Waals surface area contributed by atoms with Gasteiger partial charge in [0.1, 0.15) is 0 Å². The molecule has 0 aromatic rings. The van der Waals surface area contributed by atoms with Crippen molar-refractivity contribution in [3.8, 4) is 0 Å². The number of nitrogens with zero attached hydrogens (tertiary/aromatic N) is 1. The molecule has 2 fully saturated rings. The van der Waals surface area contributed by atoms with Crippen molar-refractivity contribution in [3.63, 3.8) is 0 Å². The topological polar surface area (TPSA) is 3.24 Å². The highest BCUT2D eigenvalue weighted by atomic mass is 32.2. The minimum atomic E-state index is 0.286. The zero-order chi connectivity index (χ0) is 7.19. The molecule has 1 spiro atoms. The molecule has 2 aliphatic rings. The van der Waals surface area contributed by atoms with Crippen LogP contribution in [0.15, 0.2) is 0 Å². The van der Waals surface area contributed by atoms with E-state index < -0.39 is 0 Å². The molecule has 0 radical (unpaired) electrons. The van der Waals surface area contributed by atoms with Crippen LogP contribution in [0.2, 0.25) is 0 Å². The van der Waals surface area contributed by atoms with Gasteiger partial charge in [-0.2, -0.15) is 0 Å². The van der Waals surface area contributed by atoms with E-state index in [-0.39, 0.29) is 10.7 Å². The molecule has 2 heteroatoms. The van der Waals surface area contributed by atoms with Gasteiger partial charge >= 0.3 is 0 Å². The second-order valence-corrected chi connectivity index (χ2v) is 5.43. The van der Waals surface area contributed by atoms with Gasteiger partial charge < -0.3 is 0 Å². The van der Waals surface area contributed by atoms with E-state index in [4.69, 9.17) is 0 Å². The maximum absolute atomic E-state index is 4.07. The van der Waals surface area contributed by atoms with Gasteiger partial charge in [-0.25, -0.2) is 0 Å². The molecule has 1 saturated heterocycles. The van der Waals surface area contributed by atoms with Crippen LogP contribution in [0.3, 0.4) is 0 Å². The minimum Gasteiger partial charge on any atom is -0.256 e. The Morgan fingerprint density at radius 1 is 1.40 bits per heavy atom. The third kappa shape index (κ3) is 1.04. The van der Waals surface area contributed by atoms with Gasteiger partial charge in [0.25, 0.3) is 0 Å². The van der Waals surface area contributed by atoms with Crippen molar-refractivity contribution >= 4 is 16.5 Å². The lowest BCUT2D eigenvalue weighted by molar-refractivity contribution is 0.512. The summed E-state index contributed by atoms with van der Waals surface area (Å²) in [5, 5.41) is 0. The van der Waals surface area contributed by atoms with Crippen molar-refractivity contribution in [3.05, 3.63) is 0 Å². The predicted octanol–water partition coefficient (Wildman–Crippen LogP) is 1.72. The quantitative estimate of drug-likeness (QED) is 0.524. The molecule has 1 aliphatic carbocycles. The van der Waals surface area contributed by atoms with Gasteiger partial charge in [0.15, 0.2) is 0 Å². The van der Waals surface area contributed by atoms with Gasteiger partial charge in [-0.05, 0) is 30.9 Å². The first-order valence-electron chi connectivity index (χ1n) is 3.93. The van der Waals surface area contributed by atoms with Gasteiger partial charge in [-0.3, -0.25) is 4.31 Å². The van der Waals surface area contributed by atoms with Gasteiger partial charge in [-0.15, -0.1) is 10.7 Å². The normalized spacial score (nSPS) is 32.9. The molecule has 1 saturated carbocycles. The molecule has 58 valence electrons. The maximum atomic E-state index is 4.07. The third-order valence-electron chi connectivity index (χ3n) is 2.80. The molecule has 0 bridgehead atoms. The molecule has 1 atom stereocenters. The van der Waals surface area contributed by atoms with Crippen LogP contribution in [0.25, 0.3) is 0 Å². The smallest absolute Gasteiger partial charge is 0.0141 e. The molecule has 10 heavy (non-hydrogen) atoms. The summed E-state index contributed by atoms with van der Waals surface area (Å²) in [4.78, 5) is 0. The molecule has 1 heterocycles. The summed E-state index contributed by atoms with van der Waals surface area (Å²) in [5.41, 5.74) is 0.791. The Bertz CT molecular complexity index is 172. The fraction of sp³-hybridized carbons (Fsp3) is 0.875. The largest absolute Gasteiger partial charge is 0.256 e. The van der Waals surface area contributed by atoms with Crippen LogP contribution < -0.4 is 0 Å². The Morgan fingerprint density at radius 3 is 2.40 bits per heavy atom. The summed E-state index contributed by atoms with van der Waals surface area (Å²) in [6.07, 6.45) is 6.64. The average Bonchev–Trinajstić information content (AvgIpc) is 2.41. The lowest BCUT2D eigenvalue weighted by Crippen LogP contribution is -2.13. The zero-order valence-corrected chi connectivity index (χ0v) is 7.41. The van der Waals surface area contributed by atoms with Crippen molar-refractivity contribution in [2.24, 2.45) is 5.41 Å². The molecule has 1 unspecified atom stereocenters. The third-order valence-corrected chi connectivity index (χ3v) is 3.99. The Morgan fingerprint density at radius 2 is 2.10 bits per heavy atom. The van der Waals surface area contributed by atoms with Crippen LogP contribution in [-0.2, 0) is 0 Å². The predicted molar refractivity (Wildman–Crippen MR) is 48.5 cm³/mol. The first-order chi connectivity index (χ1) is 4.72. The van der Waals surface area contributed by atoms with Crippen LogP contribution in [0, 0.1) is 5.41 Å². The number of hydrogen-bond acceptors (Lipinski definition) is 1. The summed E-state index contributed by atoms with van der Waals surface area (Å²) in [5.74, 6) is 4.07. The first kappa shape index (κ1) is 6.86. The van der Waals surface area contributed by atoms with E-state index >= 15 is 0 Å². The fourth-order valence-corrected chi connectivity index (χ4v) is 2.64. The highest BCUT2D eigenvalue weighted by Gasteiger charge is 2.47. The van der Waals surface area contributed by atoms with E-state index in [2.05, 4.69) is 16.4 Å². The van der Waals surface area contributed by atoms with E-state index in [9.17, 15) is 0 Å². The van der Waals surface area contributed by atoms with Crippen molar-refractivity contribution in [1.82, 2.24) is 4.31 Å². The van der Waals surface area contributed by atoms with E-state index in [0.29, 0.717) is 0 Å². The van der Waals surface area contributed by atoms with E-state index in [0.717, 1.165) is 5.41 Å². The molecule has 2 rings (SSSR count). The van der Waals surface area contributed by atoms with Crippen molar-refractivity contribution in [1.29, 1.82) is 0 Å². The van der Waals surface area contributed by atoms with Gasteiger partial charge in [-0.1, -0.05) is 5.87 Å². The molecule has 1 nitrogen and oxygen atoms in total.